The number of anilines is 1. The van der Waals surface area contributed by atoms with Crippen LogP contribution in [-0.4, -0.2) is 11.5 Å². The number of aromatic nitrogens is 1. The highest BCUT2D eigenvalue weighted by Gasteiger charge is 2.01. The van der Waals surface area contributed by atoms with Gasteiger partial charge in [-0.25, -0.2) is 4.98 Å². The van der Waals surface area contributed by atoms with Crippen LogP contribution >= 0.6 is 11.3 Å². The lowest BCUT2D eigenvalue weighted by atomic mass is 10.2. The molecule has 0 fully saturated rings. The zero-order chi connectivity index (χ0) is 12.6. The van der Waals surface area contributed by atoms with Crippen molar-refractivity contribution in [3.05, 3.63) is 46.4 Å². The molecule has 2 aromatic rings. The van der Waals surface area contributed by atoms with Gasteiger partial charge in [-0.2, -0.15) is 0 Å². The van der Waals surface area contributed by atoms with E-state index in [0.717, 1.165) is 19.4 Å². The lowest BCUT2D eigenvalue weighted by Crippen LogP contribution is -2.04. The van der Waals surface area contributed by atoms with Gasteiger partial charge in [-0.3, -0.25) is 0 Å². The van der Waals surface area contributed by atoms with Gasteiger partial charge in [-0.05, 0) is 25.0 Å². The summed E-state index contributed by atoms with van der Waals surface area (Å²) in [5, 5.41) is 6.89. The first kappa shape index (κ1) is 13.1. The monoisotopic (exact) mass is 260 g/mol. The summed E-state index contributed by atoms with van der Waals surface area (Å²) in [6, 6.07) is 10.3. The predicted octanol–water partition coefficient (Wildman–Crippen LogP) is 4.14. The fraction of sp³-hybridized carbons (Fsp3) is 0.400. The molecule has 0 bridgehead atoms. The molecule has 1 N–H and O–H groups in total. The number of para-hydroxylation sites is 1. The van der Waals surface area contributed by atoms with Crippen LogP contribution in [0.1, 0.15) is 30.5 Å². The quantitative estimate of drug-likeness (QED) is 0.809. The highest BCUT2D eigenvalue weighted by atomic mass is 32.1. The zero-order valence-corrected chi connectivity index (χ0v) is 11.7. The van der Waals surface area contributed by atoms with Gasteiger partial charge in [0.2, 0.25) is 0 Å². The van der Waals surface area contributed by atoms with Crippen LogP contribution in [0.15, 0.2) is 35.7 Å². The Labute approximate surface area is 113 Å². The van der Waals surface area contributed by atoms with E-state index in [4.69, 9.17) is 0 Å². The molecule has 1 aromatic carbocycles. The molecule has 0 spiro atoms. The summed E-state index contributed by atoms with van der Waals surface area (Å²) in [4.78, 5) is 4.66. The first-order valence-electron chi connectivity index (χ1n) is 6.60. The number of aryl methyl sites for hydroxylation is 1. The van der Waals surface area contributed by atoms with Crippen molar-refractivity contribution in [2.24, 2.45) is 0 Å². The van der Waals surface area contributed by atoms with Gasteiger partial charge >= 0.3 is 0 Å². The molecule has 1 aromatic heterocycles. The molecule has 2 nitrogen and oxygen atoms in total. The van der Waals surface area contributed by atoms with Gasteiger partial charge < -0.3 is 5.32 Å². The van der Waals surface area contributed by atoms with E-state index in [2.05, 4.69) is 34.7 Å². The average molecular weight is 260 g/mol. The van der Waals surface area contributed by atoms with Gasteiger partial charge in [0, 0.05) is 24.0 Å². The first-order chi connectivity index (χ1) is 8.88. The van der Waals surface area contributed by atoms with Crippen LogP contribution in [0.4, 0.5) is 5.69 Å². The number of unbranched alkanes of at least 4 members (excludes halogenated alkanes) is 1. The van der Waals surface area contributed by atoms with E-state index in [-0.39, 0.29) is 0 Å². The topological polar surface area (TPSA) is 24.9 Å². The molecular weight excluding hydrogens is 240 g/mol. The SMILES string of the molecule is CCCCc1nc(CCNc2ccccc2)cs1. The Hall–Kier alpha value is -1.35. The van der Waals surface area contributed by atoms with E-state index in [1.165, 1.54) is 29.2 Å². The van der Waals surface area contributed by atoms with Crippen LogP contribution in [0.25, 0.3) is 0 Å². The van der Waals surface area contributed by atoms with Crippen molar-refractivity contribution in [2.75, 3.05) is 11.9 Å². The number of rotatable bonds is 7. The minimum Gasteiger partial charge on any atom is -0.385 e. The molecule has 0 radical (unpaired) electrons. The molecule has 3 heteroatoms. The molecule has 0 atom stereocenters. The fourth-order valence-corrected chi connectivity index (χ4v) is 2.67. The molecular formula is C15H20N2S. The lowest BCUT2D eigenvalue weighted by molar-refractivity contribution is 0.785. The summed E-state index contributed by atoms with van der Waals surface area (Å²) < 4.78 is 0. The summed E-state index contributed by atoms with van der Waals surface area (Å²) in [5.41, 5.74) is 2.40. The summed E-state index contributed by atoms with van der Waals surface area (Å²) in [6.07, 6.45) is 4.62. The van der Waals surface area contributed by atoms with E-state index >= 15 is 0 Å². The molecule has 0 saturated carbocycles. The first-order valence-corrected chi connectivity index (χ1v) is 7.48. The number of benzene rings is 1. The normalized spacial score (nSPS) is 10.5. The summed E-state index contributed by atoms with van der Waals surface area (Å²) in [6.45, 7) is 3.17. The predicted molar refractivity (Wildman–Crippen MR) is 79.4 cm³/mol. The van der Waals surface area contributed by atoms with Crippen molar-refractivity contribution >= 4 is 17.0 Å². The van der Waals surface area contributed by atoms with E-state index < -0.39 is 0 Å². The van der Waals surface area contributed by atoms with Crippen LogP contribution in [0.2, 0.25) is 0 Å². The number of thiazole rings is 1. The van der Waals surface area contributed by atoms with Crippen LogP contribution in [-0.2, 0) is 12.8 Å². The van der Waals surface area contributed by atoms with Gasteiger partial charge in [0.15, 0.2) is 0 Å². The smallest absolute Gasteiger partial charge is 0.0928 e. The molecule has 0 aliphatic rings. The van der Waals surface area contributed by atoms with Crippen LogP contribution in [0.3, 0.4) is 0 Å². The molecule has 1 heterocycles. The number of hydrogen-bond donors (Lipinski definition) is 1. The Kier molecular flexibility index (Phi) is 5.21. The maximum Gasteiger partial charge on any atom is 0.0928 e. The van der Waals surface area contributed by atoms with Crippen molar-refractivity contribution in [1.29, 1.82) is 0 Å². The Morgan fingerprint density at radius 2 is 2.00 bits per heavy atom. The molecule has 0 saturated heterocycles. The van der Waals surface area contributed by atoms with Gasteiger partial charge in [0.05, 0.1) is 10.7 Å². The van der Waals surface area contributed by atoms with Crippen molar-refractivity contribution in [1.82, 2.24) is 4.98 Å². The van der Waals surface area contributed by atoms with E-state index in [0.29, 0.717) is 0 Å². The molecule has 2 rings (SSSR count). The molecule has 0 aliphatic carbocycles. The highest BCUT2D eigenvalue weighted by molar-refractivity contribution is 7.09. The lowest BCUT2D eigenvalue weighted by Gasteiger charge is -2.04. The number of nitrogens with zero attached hydrogens (tertiary/aromatic N) is 1. The Morgan fingerprint density at radius 1 is 1.17 bits per heavy atom. The third-order valence-corrected chi connectivity index (χ3v) is 3.78. The largest absolute Gasteiger partial charge is 0.385 e. The second-order valence-electron chi connectivity index (χ2n) is 4.38. The van der Waals surface area contributed by atoms with Crippen LogP contribution in [0, 0.1) is 0 Å². The van der Waals surface area contributed by atoms with E-state index in [1.807, 2.05) is 18.2 Å². The van der Waals surface area contributed by atoms with Gasteiger partial charge in [0.25, 0.3) is 0 Å². The molecule has 18 heavy (non-hydrogen) atoms. The van der Waals surface area contributed by atoms with Crippen molar-refractivity contribution < 1.29 is 0 Å². The molecule has 96 valence electrons. The molecule has 0 amide bonds. The second-order valence-corrected chi connectivity index (χ2v) is 5.32. The molecule has 0 aliphatic heterocycles. The Balaban J connectivity index is 1.75. The zero-order valence-electron chi connectivity index (χ0n) is 10.9. The highest BCUT2D eigenvalue weighted by Crippen LogP contribution is 2.13. The van der Waals surface area contributed by atoms with Crippen LogP contribution in [0.5, 0.6) is 0 Å². The fourth-order valence-electron chi connectivity index (χ4n) is 1.80. The maximum atomic E-state index is 4.66. The van der Waals surface area contributed by atoms with Gasteiger partial charge in [-0.15, -0.1) is 11.3 Å². The average Bonchev–Trinajstić information content (AvgIpc) is 2.85. The Morgan fingerprint density at radius 3 is 2.78 bits per heavy atom. The third-order valence-electron chi connectivity index (χ3n) is 2.83. The van der Waals surface area contributed by atoms with Gasteiger partial charge in [-0.1, -0.05) is 31.5 Å². The summed E-state index contributed by atoms with van der Waals surface area (Å²) >= 11 is 1.80. The number of nitrogens with one attached hydrogen (secondary N) is 1. The molecule has 0 unspecified atom stereocenters. The van der Waals surface area contributed by atoms with Gasteiger partial charge in [0.1, 0.15) is 0 Å². The Bertz CT molecular complexity index is 451. The van der Waals surface area contributed by atoms with Crippen molar-refractivity contribution in [3.63, 3.8) is 0 Å². The van der Waals surface area contributed by atoms with Crippen molar-refractivity contribution in [2.45, 2.75) is 32.6 Å². The standard InChI is InChI=1S/C15H20N2S/c1-2-3-9-15-17-14(12-18-15)10-11-16-13-7-5-4-6-8-13/h4-8,12,16H,2-3,9-11H2,1H3. The number of hydrogen-bond acceptors (Lipinski definition) is 3. The van der Waals surface area contributed by atoms with Crippen molar-refractivity contribution in [3.8, 4) is 0 Å². The van der Waals surface area contributed by atoms with Crippen LogP contribution < -0.4 is 5.32 Å². The second kappa shape index (κ2) is 7.17. The summed E-state index contributed by atoms with van der Waals surface area (Å²) in [5.74, 6) is 0. The minimum atomic E-state index is 0.945. The third kappa shape index (κ3) is 4.15. The van der Waals surface area contributed by atoms with E-state index in [9.17, 15) is 0 Å². The maximum absolute atomic E-state index is 4.66. The minimum absolute atomic E-state index is 0.945. The van der Waals surface area contributed by atoms with E-state index in [1.54, 1.807) is 11.3 Å². The summed E-state index contributed by atoms with van der Waals surface area (Å²) in [7, 11) is 0.